The van der Waals surface area contributed by atoms with Gasteiger partial charge in [-0.05, 0) is 42.9 Å². The lowest BCUT2D eigenvalue weighted by Crippen LogP contribution is -2.23. The van der Waals surface area contributed by atoms with Crippen LogP contribution in [0.15, 0.2) is 18.2 Å². The van der Waals surface area contributed by atoms with Crippen molar-refractivity contribution in [2.75, 3.05) is 14.2 Å². The summed E-state index contributed by atoms with van der Waals surface area (Å²) in [6.45, 7) is 5.89. The third-order valence-electron chi connectivity index (χ3n) is 4.19. The van der Waals surface area contributed by atoms with Crippen molar-refractivity contribution in [3.8, 4) is 5.75 Å². The molecular weight excluding hydrogens is 381 g/mol. The highest BCUT2D eigenvalue weighted by Gasteiger charge is 2.14. The van der Waals surface area contributed by atoms with Crippen LogP contribution >= 0.6 is 12.2 Å². The van der Waals surface area contributed by atoms with Gasteiger partial charge in [-0.3, -0.25) is 9.69 Å². The van der Waals surface area contributed by atoms with Crippen molar-refractivity contribution in [1.82, 2.24) is 19.2 Å². The summed E-state index contributed by atoms with van der Waals surface area (Å²) in [5.41, 5.74) is 6.10. The number of aryl methyl sites for hydroxylation is 1. The van der Waals surface area contributed by atoms with E-state index >= 15 is 0 Å². The van der Waals surface area contributed by atoms with Crippen LogP contribution < -0.4 is 10.5 Å². The number of halogens is 1. The summed E-state index contributed by atoms with van der Waals surface area (Å²) >= 11 is 5.59. The number of methoxy groups -OCH3 is 1. The zero-order chi connectivity index (χ0) is 20.8. The molecule has 0 saturated heterocycles. The standard InChI is InChI=1S/C19H28FN5O2S/c1-13(2)10-24-18(8-7-17(21)26)22-25(19(24)28)12-23(3)11-14-5-6-16(27-4)15(20)9-14/h5-6,9,13H,7-8,10-12H2,1-4H3,(H2,21,26). The van der Waals surface area contributed by atoms with Gasteiger partial charge in [0.15, 0.2) is 16.3 Å². The number of nitrogens with two attached hydrogens (primary N) is 1. The van der Waals surface area contributed by atoms with Gasteiger partial charge in [-0.15, -0.1) is 0 Å². The Hall–Kier alpha value is -2.26. The lowest BCUT2D eigenvalue weighted by molar-refractivity contribution is -0.118. The average Bonchev–Trinajstić information content (AvgIpc) is 2.88. The molecule has 2 aromatic rings. The van der Waals surface area contributed by atoms with Crippen LogP contribution in [0.25, 0.3) is 0 Å². The molecular formula is C19H28FN5O2S. The highest BCUT2D eigenvalue weighted by Crippen LogP contribution is 2.18. The molecule has 2 N–H and O–H groups in total. The van der Waals surface area contributed by atoms with Crippen molar-refractivity contribution in [2.24, 2.45) is 11.7 Å². The number of ether oxygens (including phenoxy) is 1. The van der Waals surface area contributed by atoms with Crippen molar-refractivity contribution in [2.45, 2.75) is 46.4 Å². The van der Waals surface area contributed by atoms with E-state index in [2.05, 4.69) is 18.9 Å². The van der Waals surface area contributed by atoms with E-state index in [9.17, 15) is 9.18 Å². The number of carbonyl (C=O) groups is 1. The Morgan fingerprint density at radius 3 is 2.71 bits per heavy atom. The van der Waals surface area contributed by atoms with E-state index in [1.807, 2.05) is 22.6 Å². The third-order valence-corrected chi connectivity index (χ3v) is 4.62. The zero-order valence-corrected chi connectivity index (χ0v) is 17.6. The summed E-state index contributed by atoms with van der Waals surface area (Å²) in [4.78, 5) is 13.1. The van der Waals surface area contributed by atoms with Gasteiger partial charge in [-0.1, -0.05) is 19.9 Å². The maximum absolute atomic E-state index is 13.9. The Morgan fingerprint density at radius 1 is 1.43 bits per heavy atom. The Morgan fingerprint density at radius 2 is 2.14 bits per heavy atom. The molecule has 0 aliphatic heterocycles. The number of nitrogens with zero attached hydrogens (tertiary/aromatic N) is 4. The van der Waals surface area contributed by atoms with E-state index in [1.165, 1.54) is 13.2 Å². The van der Waals surface area contributed by atoms with Gasteiger partial charge in [0, 0.05) is 25.9 Å². The highest BCUT2D eigenvalue weighted by atomic mass is 32.1. The van der Waals surface area contributed by atoms with Gasteiger partial charge in [0.2, 0.25) is 5.91 Å². The van der Waals surface area contributed by atoms with Crippen LogP contribution in [-0.4, -0.2) is 39.3 Å². The van der Waals surface area contributed by atoms with Gasteiger partial charge in [-0.25, -0.2) is 9.07 Å². The van der Waals surface area contributed by atoms with Crippen LogP contribution in [0.5, 0.6) is 5.75 Å². The summed E-state index contributed by atoms with van der Waals surface area (Å²) < 4.78 is 23.1. The quantitative estimate of drug-likeness (QED) is 0.611. The molecule has 0 fully saturated rings. The van der Waals surface area contributed by atoms with Gasteiger partial charge in [0.25, 0.3) is 0 Å². The molecule has 0 bridgehead atoms. The number of primary amides is 1. The minimum absolute atomic E-state index is 0.222. The first-order valence-electron chi connectivity index (χ1n) is 9.17. The fourth-order valence-electron chi connectivity index (χ4n) is 2.95. The predicted molar refractivity (Wildman–Crippen MR) is 108 cm³/mol. The van der Waals surface area contributed by atoms with Crippen LogP contribution in [0, 0.1) is 16.5 Å². The molecule has 9 heteroatoms. The van der Waals surface area contributed by atoms with Gasteiger partial charge < -0.3 is 15.0 Å². The second-order valence-corrected chi connectivity index (χ2v) is 7.66. The Balaban J connectivity index is 2.16. The molecule has 28 heavy (non-hydrogen) atoms. The molecule has 0 aliphatic carbocycles. The molecule has 1 aromatic heterocycles. The Labute approximate surface area is 169 Å². The van der Waals surface area contributed by atoms with Crippen molar-refractivity contribution >= 4 is 18.1 Å². The van der Waals surface area contributed by atoms with E-state index in [-0.39, 0.29) is 23.9 Å². The number of hydrogen-bond donors (Lipinski definition) is 1. The maximum atomic E-state index is 13.9. The first-order valence-corrected chi connectivity index (χ1v) is 9.57. The summed E-state index contributed by atoms with van der Waals surface area (Å²) in [5.74, 6) is 0.605. The number of amides is 1. The monoisotopic (exact) mass is 409 g/mol. The molecule has 0 atom stereocenters. The van der Waals surface area contributed by atoms with Gasteiger partial charge in [0.1, 0.15) is 5.82 Å². The average molecular weight is 410 g/mol. The minimum Gasteiger partial charge on any atom is -0.494 e. The van der Waals surface area contributed by atoms with E-state index in [4.69, 9.17) is 22.7 Å². The van der Waals surface area contributed by atoms with Gasteiger partial charge in [0.05, 0.1) is 13.8 Å². The van der Waals surface area contributed by atoms with Crippen molar-refractivity contribution in [1.29, 1.82) is 0 Å². The number of hydrogen-bond acceptors (Lipinski definition) is 5. The van der Waals surface area contributed by atoms with Crippen LogP contribution in [0.2, 0.25) is 0 Å². The molecule has 0 spiro atoms. The molecule has 0 radical (unpaired) electrons. The second-order valence-electron chi connectivity index (χ2n) is 7.29. The molecule has 0 aliphatic rings. The number of aromatic nitrogens is 3. The SMILES string of the molecule is COc1ccc(CN(C)Cn2nc(CCC(N)=O)n(CC(C)C)c2=S)cc1F. The molecule has 1 heterocycles. The lowest BCUT2D eigenvalue weighted by atomic mass is 10.2. The highest BCUT2D eigenvalue weighted by molar-refractivity contribution is 7.71. The third kappa shape index (κ3) is 5.87. The Kier molecular flexibility index (Phi) is 7.70. The Bertz CT molecular complexity index is 878. The van der Waals surface area contributed by atoms with Crippen molar-refractivity contribution < 1.29 is 13.9 Å². The molecule has 2 rings (SSSR count). The zero-order valence-electron chi connectivity index (χ0n) is 16.8. The molecule has 0 saturated carbocycles. The first kappa shape index (κ1) is 22.0. The van der Waals surface area contributed by atoms with Crippen LogP contribution in [0.1, 0.15) is 31.7 Å². The molecule has 1 amide bonds. The van der Waals surface area contributed by atoms with E-state index in [1.54, 1.807) is 10.7 Å². The second kappa shape index (κ2) is 9.79. The van der Waals surface area contributed by atoms with E-state index < -0.39 is 0 Å². The van der Waals surface area contributed by atoms with E-state index in [0.29, 0.717) is 30.3 Å². The van der Waals surface area contributed by atoms with Gasteiger partial charge in [-0.2, -0.15) is 5.10 Å². The van der Waals surface area contributed by atoms with Crippen molar-refractivity contribution in [3.05, 3.63) is 40.2 Å². The van der Waals surface area contributed by atoms with Crippen LogP contribution in [-0.2, 0) is 31.0 Å². The van der Waals surface area contributed by atoms with Crippen LogP contribution in [0.4, 0.5) is 4.39 Å². The van der Waals surface area contributed by atoms with Crippen LogP contribution in [0.3, 0.4) is 0 Å². The topological polar surface area (TPSA) is 78.3 Å². The predicted octanol–water partition coefficient (Wildman–Crippen LogP) is 2.73. The van der Waals surface area contributed by atoms with Crippen molar-refractivity contribution in [3.63, 3.8) is 0 Å². The fourth-order valence-corrected chi connectivity index (χ4v) is 3.22. The summed E-state index contributed by atoms with van der Waals surface area (Å²) in [6, 6.07) is 4.90. The number of rotatable bonds is 10. The fraction of sp³-hybridized carbons (Fsp3) is 0.526. The van der Waals surface area contributed by atoms with Gasteiger partial charge >= 0.3 is 0 Å². The minimum atomic E-state index is -0.389. The maximum Gasteiger partial charge on any atom is 0.217 e. The smallest absolute Gasteiger partial charge is 0.217 e. The molecule has 0 unspecified atom stereocenters. The van der Waals surface area contributed by atoms with E-state index in [0.717, 1.165) is 17.9 Å². The first-order chi connectivity index (χ1) is 13.2. The molecule has 1 aromatic carbocycles. The largest absolute Gasteiger partial charge is 0.494 e. The number of benzene rings is 1. The molecule has 154 valence electrons. The summed E-state index contributed by atoms with van der Waals surface area (Å²) in [6.07, 6.45) is 0.678. The lowest BCUT2D eigenvalue weighted by Gasteiger charge is -2.17. The normalized spacial score (nSPS) is 11.4. The summed E-state index contributed by atoms with van der Waals surface area (Å²) in [7, 11) is 3.35. The molecule has 7 nitrogen and oxygen atoms in total. The number of carbonyl (C=O) groups excluding carboxylic acids is 1. The summed E-state index contributed by atoms with van der Waals surface area (Å²) in [5, 5.41) is 4.59.